The highest BCUT2D eigenvalue weighted by atomic mass is 16.4. The Morgan fingerprint density at radius 3 is 0.861 bits per heavy atom. The van der Waals surface area contributed by atoms with E-state index < -0.39 is 126 Å². The molecule has 794 valence electrons. The first-order valence-corrected chi connectivity index (χ1v) is 51.2. The van der Waals surface area contributed by atoms with Gasteiger partial charge in [-0.1, -0.05) is 192 Å². The number of unbranched alkanes of at least 4 members (excludes halogenated alkanes) is 12. The van der Waals surface area contributed by atoms with Crippen LogP contribution in [0.4, 0.5) is 9.59 Å². The van der Waals surface area contributed by atoms with E-state index in [4.69, 9.17) is 10.2 Å². The number of aliphatic hydroxyl groups excluding tert-OH is 1. The minimum atomic E-state index is -1.52. The molecule has 3 heterocycles. The minimum absolute atomic E-state index is 0.00834. The normalized spacial score (nSPS) is 16.8. The van der Waals surface area contributed by atoms with Crippen LogP contribution in [0, 0.1) is 11.8 Å². The average molecular weight is 2010 g/mol. The second-order valence-corrected chi connectivity index (χ2v) is 37.9. The molecule has 2 bridgehead atoms. The van der Waals surface area contributed by atoms with Crippen LogP contribution in [0.5, 0.6) is 0 Å². The first kappa shape index (κ1) is 120. The lowest BCUT2D eigenvalue weighted by molar-refractivity contribution is -0.142. The number of Topliss-reactive ketones (excluding diaryl/α,β-unsaturated/α-hetero) is 4. The summed E-state index contributed by atoms with van der Waals surface area (Å²) < 4.78 is 0. The van der Waals surface area contributed by atoms with Crippen molar-refractivity contribution < 1.29 is 112 Å². The van der Waals surface area contributed by atoms with E-state index in [0.717, 1.165) is 60.8 Å². The number of carbonyl (C=O) groups is 17. The van der Waals surface area contributed by atoms with Crippen LogP contribution in [0.25, 0.3) is 0 Å². The maximum Gasteiger partial charge on any atom is 0.326 e. The molecule has 39 heteroatoms. The molecule has 7 rings (SSSR count). The van der Waals surface area contributed by atoms with Crippen molar-refractivity contribution in [1.82, 2.24) is 85.1 Å². The van der Waals surface area contributed by atoms with Crippen molar-refractivity contribution in [3.05, 3.63) is 156 Å². The van der Waals surface area contributed by atoms with Gasteiger partial charge in [0, 0.05) is 181 Å². The predicted molar refractivity (Wildman–Crippen MR) is 542 cm³/mol. The summed E-state index contributed by atoms with van der Waals surface area (Å²) >= 11 is 0. The van der Waals surface area contributed by atoms with Crippen molar-refractivity contribution in [3.63, 3.8) is 0 Å². The van der Waals surface area contributed by atoms with E-state index >= 15 is 0 Å². The molecule has 144 heavy (non-hydrogen) atoms. The Morgan fingerprint density at radius 1 is 0.285 bits per heavy atom. The number of aliphatic hydroxyl groups is 1. The maximum absolute atomic E-state index is 14.6. The van der Waals surface area contributed by atoms with E-state index in [1.165, 1.54) is 0 Å². The number of benzene rings is 4. The summed E-state index contributed by atoms with van der Waals surface area (Å²) in [6.07, 6.45) is 11.6. The van der Waals surface area contributed by atoms with Gasteiger partial charge in [0.2, 0.25) is 35.4 Å². The number of carbonyl (C=O) groups excluding carboxylic acids is 12. The number of carboxylic acid groups (broad SMARTS) is 5. The molecule has 10 amide bonds. The molecule has 0 aliphatic carbocycles. The predicted octanol–water partition coefficient (Wildman–Crippen LogP) is 6.77. The lowest BCUT2D eigenvalue weighted by Crippen LogP contribution is -2.68. The summed E-state index contributed by atoms with van der Waals surface area (Å²) in [4.78, 5) is 221. The third kappa shape index (κ3) is 52.2. The summed E-state index contributed by atoms with van der Waals surface area (Å²) in [5, 5.41) is 105. The van der Waals surface area contributed by atoms with Crippen molar-refractivity contribution in [1.29, 1.82) is 0 Å². The quantitative estimate of drug-likeness (QED) is 0.0160. The van der Waals surface area contributed by atoms with E-state index in [-0.39, 0.29) is 155 Å². The Balaban J connectivity index is 0.915. The van der Waals surface area contributed by atoms with Crippen LogP contribution in [0.15, 0.2) is 134 Å². The fourth-order valence-corrected chi connectivity index (χ4v) is 17.4. The number of hydrogen-bond acceptors (Lipinski definition) is 24. The van der Waals surface area contributed by atoms with Crippen LogP contribution in [-0.2, 0) is 97.6 Å². The number of carboxylic acids is 5. The van der Waals surface area contributed by atoms with Crippen molar-refractivity contribution in [3.8, 4) is 0 Å². The van der Waals surface area contributed by atoms with Gasteiger partial charge in [-0.2, -0.15) is 0 Å². The summed E-state index contributed by atoms with van der Waals surface area (Å²) in [6.45, 7) is 9.39. The van der Waals surface area contributed by atoms with Gasteiger partial charge >= 0.3 is 41.9 Å². The van der Waals surface area contributed by atoms with E-state index in [1.807, 2.05) is 121 Å². The Labute approximate surface area is 844 Å². The maximum atomic E-state index is 14.6. The second-order valence-electron chi connectivity index (χ2n) is 37.9. The van der Waals surface area contributed by atoms with Crippen LogP contribution in [0.3, 0.4) is 0 Å². The molecule has 0 radical (unpaired) electrons. The number of nitrogens with one attached hydrogen (secondary N) is 16. The number of ketones is 4. The smallest absolute Gasteiger partial charge is 0.326 e. The Morgan fingerprint density at radius 2 is 0.556 bits per heavy atom. The largest absolute Gasteiger partial charge is 0.511 e. The van der Waals surface area contributed by atoms with Gasteiger partial charge in [-0.3, -0.25) is 57.5 Å². The van der Waals surface area contributed by atoms with Gasteiger partial charge < -0.3 is 116 Å². The SMILES string of the molecule is C=C(O)C(CCCCCC(=O)CCCCCCCNC(=O)C(CC(=O)C(Cc1ccccc1)NC(=O)CCCC(=O)NC12CNCCNCC(NC(=O)CCCC(=O)NC(Cc3ccccc3)C(=O)CC(Cc3ccccc3)C(=O)NCCCCCCCC(=O)CCCCCC(NC(=O)NC(CCC(=O)O)C(=O)O)C(=O)O)(CNCCNC1)CNCCNC2)Cc1ccccc1)NC(=O)NC(CCC(=O)O)C(=O)O. The lowest BCUT2D eigenvalue weighted by Gasteiger charge is -2.39. The summed E-state index contributed by atoms with van der Waals surface area (Å²) in [6, 6.07) is 28.3. The van der Waals surface area contributed by atoms with Gasteiger partial charge in [-0.25, -0.2) is 24.0 Å². The van der Waals surface area contributed by atoms with Crippen LogP contribution >= 0.6 is 0 Å². The van der Waals surface area contributed by atoms with Gasteiger partial charge in [0.25, 0.3) is 0 Å². The van der Waals surface area contributed by atoms with E-state index in [1.54, 1.807) is 0 Å². The van der Waals surface area contributed by atoms with E-state index in [2.05, 4.69) is 91.6 Å². The van der Waals surface area contributed by atoms with Crippen molar-refractivity contribution >= 4 is 100 Å². The monoisotopic (exact) mass is 2010 g/mol. The zero-order chi connectivity index (χ0) is 105. The summed E-state index contributed by atoms with van der Waals surface area (Å²) in [5.74, 6) is -10.9. The number of urea groups is 2. The van der Waals surface area contributed by atoms with Crippen molar-refractivity contribution in [2.45, 2.75) is 291 Å². The first-order chi connectivity index (χ1) is 69.3. The van der Waals surface area contributed by atoms with Gasteiger partial charge in [0.15, 0.2) is 11.6 Å². The molecule has 0 aromatic heterocycles. The Kier molecular flexibility index (Phi) is 58.1. The van der Waals surface area contributed by atoms with E-state index in [9.17, 15) is 102 Å². The van der Waals surface area contributed by atoms with Crippen LogP contribution in [0.2, 0.25) is 0 Å². The highest BCUT2D eigenvalue weighted by Crippen LogP contribution is 2.23. The summed E-state index contributed by atoms with van der Waals surface area (Å²) in [7, 11) is 0. The number of rotatable bonds is 70. The van der Waals surface area contributed by atoms with Gasteiger partial charge in [-0.15, -0.1) is 0 Å². The van der Waals surface area contributed by atoms with Crippen LogP contribution in [-0.4, -0.2) is 270 Å². The topological polar surface area (TPSA) is 604 Å². The molecular formula is C105H156N16O23. The molecule has 0 spiro atoms. The van der Waals surface area contributed by atoms with Gasteiger partial charge in [-0.05, 0) is 125 Å². The van der Waals surface area contributed by atoms with Crippen LogP contribution < -0.4 is 85.1 Å². The third-order valence-corrected chi connectivity index (χ3v) is 25.5. The second kappa shape index (κ2) is 69.5. The van der Waals surface area contributed by atoms with Gasteiger partial charge in [0.05, 0.1) is 29.2 Å². The van der Waals surface area contributed by atoms with E-state index in [0.29, 0.717) is 182 Å². The standard InChI is InChI=1S/C105H156N16O23/c1-74(122)83(116-102(143)118-85(100(139)140)50-52-95(131)132)44-26-12-24-42-81(123)40-22-4-2-6-28-54-112-97(135)79(62-75-32-14-8-15-33-75)66-89(125)87(64-77-36-18-10-19-37-77)114-91(127)46-30-48-93(129)120-104-68-106-56-59-109-71-105(72-110-60-57-107-69-104,73-111-61-58-108-70-104)121-94(130)49-31-47-92(128)115-88(65-78-38-20-11-21-39-78)90(126)67-80(63-76-34-16-9-17-35-76)98(136)113-55-29-7-3-5-23-41-82(124)43-25-13-27-45-84(99(137)138)117-103(144)119-86(101(141)142)51-53-96(133)134/h8-11,14-21,32-39,79-80,83-88,106-111,122H,1-7,12-13,22-31,40-73H2,(H,112,135)(H,113,136)(H,114,127)(H,115,128)(H,120,129)(H,121,130)(H,131,132)(H,133,134)(H,137,138)(H,139,140)(H,141,142)(H2,116,118,143)(H2,117,119,144). The Bertz CT molecular complexity index is 4330. The average Bonchev–Trinajstić information content (AvgIpc) is 0.842. The molecule has 3 aliphatic heterocycles. The number of aliphatic carboxylic acids is 5. The molecular weight excluding hydrogens is 1850 g/mol. The fraction of sp³-hybridized carbons (Fsp3) is 0.590. The van der Waals surface area contributed by atoms with Crippen molar-refractivity contribution in [2.75, 3.05) is 91.6 Å². The fourth-order valence-electron chi connectivity index (χ4n) is 17.4. The minimum Gasteiger partial charge on any atom is -0.511 e. The molecule has 0 saturated carbocycles. The zero-order valence-corrected chi connectivity index (χ0v) is 83.3. The highest BCUT2D eigenvalue weighted by molar-refractivity contribution is 5.95. The molecule has 4 aromatic carbocycles. The zero-order valence-electron chi connectivity index (χ0n) is 83.3. The molecule has 22 N–H and O–H groups in total. The molecule has 8 unspecified atom stereocenters. The number of hydrogen-bond donors (Lipinski definition) is 22. The molecule has 4 aromatic rings. The number of fused-ring (bicyclic) bond motifs is 15. The third-order valence-electron chi connectivity index (χ3n) is 25.5. The van der Waals surface area contributed by atoms with Crippen LogP contribution in [0.1, 0.15) is 241 Å². The molecule has 3 fully saturated rings. The Hall–Kier alpha value is -12.4. The molecule has 39 nitrogen and oxygen atoms in total. The number of amides is 10. The summed E-state index contributed by atoms with van der Waals surface area (Å²) in [5.41, 5.74) is 1.71. The molecule has 8 atom stereocenters. The molecule has 3 aliphatic rings. The lowest BCUT2D eigenvalue weighted by atomic mass is 9.89. The van der Waals surface area contributed by atoms with Gasteiger partial charge in [0.1, 0.15) is 35.5 Å². The van der Waals surface area contributed by atoms with Crippen molar-refractivity contribution in [2.24, 2.45) is 11.8 Å². The highest BCUT2D eigenvalue weighted by Gasteiger charge is 2.37. The molecule has 3 saturated heterocycles. The first-order valence-electron chi connectivity index (χ1n) is 51.2.